The van der Waals surface area contributed by atoms with Crippen LogP contribution >= 0.6 is 27.7 Å². The second kappa shape index (κ2) is 10.2. The lowest BCUT2D eigenvalue weighted by Gasteiger charge is -2.14. The third kappa shape index (κ3) is 5.29. The predicted molar refractivity (Wildman–Crippen MR) is 132 cm³/mol. The highest BCUT2D eigenvalue weighted by atomic mass is 79.9. The number of carbonyl (C=O) groups is 3. The zero-order chi connectivity index (χ0) is 23.4. The summed E-state index contributed by atoms with van der Waals surface area (Å²) in [7, 11) is 0. The van der Waals surface area contributed by atoms with Crippen LogP contribution in [-0.2, 0) is 20.9 Å². The topological polar surface area (TPSA) is 72.9 Å². The van der Waals surface area contributed by atoms with E-state index in [1.54, 1.807) is 31.2 Å². The third-order valence-corrected chi connectivity index (χ3v) is 6.39. The number of amides is 2. The first kappa shape index (κ1) is 23.1. The standard InChI is InChI=1S/C25H20BrNO5S/c1-2-31-23(28)15-32-21-11-10-19(26)12-18(21)13-22-24(29)27(25(30)33-22)14-17-8-5-7-16-6-3-4-9-20(16)17/h3-13H,2,14-15H2,1H3/b22-13-. The number of hydrogen-bond donors (Lipinski definition) is 0. The van der Waals surface area contributed by atoms with Crippen LogP contribution in [0.3, 0.4) is 0 Å². The molecule has 0 spiro atoms. The Labute approximate surface area is 203 Å². The van der Waals surface area contributed by atoms with Crippen molar-refractivity contribution < 1.29 is 23.9 Å². The number of thioether (sulfide) groups is 1. The number of imide groups is 1. The van der Waals surface area contributed by atoms with Crippen LogP contribution in [0, 0.1) is 0 Å². The van der Waals surface area contributed by atoms with E-state index in [1.807, 2.05) is 42.5 Å². The van der Waals surface area contributed by atoms with Crippen molar-refractivity contribution in [2.75, 3.05) is 13.2 Å². The summed E-state index contributed by atoms with van der Waals surface area (Å²) in [6.07, 6.45) is 1.61. The lowest BCUT2D eigenvalue weighted by molar-refractivity contribution is -0.145. The van der Waals surface area contributed by atoms with Gasteiger partial charge in [-0.2, -0.15) is 0 Å². The molecule has 4 rings (SSSR count). The average Bonchev–Trinajstić information content (AvgIpc) is 3.06. The summed E-state index contributed by atoms with van der Waals surface area (Å²) >= 11 is 4.30. The largest absolute Gasteiger partial charge is 0.481 e. The van der Waals surface area contributed by atoms with E-state index in [0.717, 1.165) is 32.6 Å². The summed E-state index contributed by atoms with van der Waals surface area (Å²) in [6, 6.07) is 18.9. The summed E-state index contributed by atoms with van der Waals surface area (Å²) in [5.74, 6) is -0.442. The van der Waals surface area contributed by atoms with E-state index in [9.17, 15) is 14.4 Å². The van der Waals surface area contributed by atoms with Gasteiger partial charge in [0.2, 0.25) is 0 Å². The molecule has 2 amide bonds. The summed E-state index contributed by atoms with van der Waals surface area (Å²) in [4.78, 5) is 39.0. The normalized spacial score (nSPS) is 14.8. The van der Waals surface area contributed by atoms with E-state index in [1.165, 1.54) is 4.90 Å². The molecule has 1 heterocycles. The molecule has 0 unspecified atom stereocenters. The van der Waals surface area contributed by atoms with Crippen molar-refractivity contribution in [3.05, 3.63) is 81.2 Å². The first-order chi connectivity index (χ1) is 16.0. The highest BCUT2D eigenvalue weighted by Gasteiger charge is 2.35. The molecule has 1 aliphatic rings. The van der Waals surface area contributed by atoms with Crippen molar-refractivity contribution in [1.82, 2.24) is 4.90 Å². The van der Waals surface area contributed by atoms with Crippen molar-refractivity contribution in [2.24, 2.45) is 0 Å². The number of carbonyl (C=O) groups excluding carboxylic acids is 3. The number of hydrogen-bond acceptors (Lipinski definition) is 6. The first-order valence-electron chi connectivity index (χ1n) is 10.3. The Hall–Kier alpha value is -3.10. The van der Waals surface area contributed by atoms with E-state index in [0.29, 0.717) is 16.2 Å². The van der Waals surface area contributed by atoms with Gasteiger partial charge in [-0.05, 0) is 59.3 Å². The third-order valence-electron chi connectivity index (χ3n) is 4.99. The Bertz CT molecular complexity index is 1270. The number of ether oxygens (including phenoxy) is 2. The minimum absolute atomic E-state index is 0.189. The number of halogens is 1. The molecule has 3 aromatic carbocycles. The van der Waals surface area contributed by atoms with Gasteiger partial charge >= 0.3 is 5.97 Å². The molecule has 0 N–H and O–H groups in total. The molecule has 3 aromatic rings. The zero-order valence-corrected chi connectivity index (χ0v) is 20.1. The monoisotopic (exact) mass is 525 g/mol. The Balaban J connectivity index is 1.58. The van der Waals surface area contributed by atoms with Gasteiger partial charge in [-0.15, -0.1) is 0 Å². The molecular weight excluding hydrogens is 506 g/mol. The second-order valence-electron chi connectivity index (χ2n) is 7.18. The summed E-state index contributed by atoms with van der Waals surface area (Å²) in [5.41, 5.74) is 1.47. The minimum atomic E-state index is -0.484. The van der Waals surface area contributed by atoms with E-state index < -0.39 is 5.97 Å². The minimum Gasteiger partial charge on any atom is -0.481 e. The highest BCUT2D eigenvalue weighted by Crippen LogP contribution is 2.36. The predicted octanol–water partition coefficient (Wildman–Crippen LogP) is 5.78. The maximum Gasteiger partial charge on any atom is 0.344 e. The van der Waals surface area contributed by atoms with Crippen molar-refractivity contribution in [3.8, 4) is 5.75 Å². The van der Waals surface area contributed by atoms with Crippen molar-refractivity contribution >= 4 is 61.7 Å². The maximum absolute atomic E-state index is 13.1. The van der Waals surface area contributed by atoms with Crippen LogP contribution in [-0.4, -0.2) is 35.2 Å². The molecule has 1 aliphatic heterocycles. The molecule has 6 nitrogen and oxygen atoms in total. The Kier molecular flexibility index (Phi) is 7.15. The second-order valence-corrected chi connectivity index (χ2v) is 9.09. The molecular formula is C25H20BrNO5S. The number of benzene rings is 3. The summed E-state index contributed by atoms with van der Waals surface area (Å²) in [6.45, 7) is 1.92. The average molecular weight is 526 g/mol. The van der Waals surface area contributed by atoms with Crippen LogP contribution in [0.25, 0.3) is 16.8 Å². The quantitative estimate of drug-likeness (QED) is 0.287. The van der Waals surface area contributed by atoms with Crippen molar-refractivity contribution in [2.45, 2.75) is 13.5 Å². The Morgan fingerprint density at radius 1 is 1.09 bits per heavy atom. The molecule has 0 radical (unpaired) electrons. The molecule has 8 heteroatoms. The van der Waals surface area contributed by atoms with Gasteiger partial charge in [0.25, 0.3) is 11.1 Å². The van der Waals surface area contributed by atoms with Crippen LogP contribution in [0.2, 0.25) is 0 Å². The molecule has 1 saturated heterocycles. The number of fused-ring (bicyclic) bond motifs is 1. The van der Waals surface area contributed by atoms with Crippen LogP contribution in [0.5, 0.6) is 5.75 Å². The smallest absolute Gasteiger partial charge is 0.344 e. The lowest BCUT2D eigenvalue weighted by atomic mass is 10.0. The Morgan fingerprint density at radius 3 is 2.70 bits per heavy atom. The van der Waals surface area contributed by atoms with Gasteiger partial charge in [0.15, 0.2) is 6.61 Å². The molecule has 168 valence electrons. The highest BCUT2D eigenvalue weighted by molar-refractivity contribution is 9.10. The van der Waals surface area contributed by atoms with E-state index in [2.05, 4.69) is 15.9 Å². The van der Waals surface area contributed by atoms with Gasteiger partial charge in [-0.3, -0.25) is 14.5 Å². The van der Waals surface area contributed by atoms with Gasteiger partial charge in [-0.1, -0.05) is 58.4 Å². The van der Waals surface area contributed by atoms with Gasteiger partial charge in [0, 0.05) is 10.0 Å². The SMILES string of the molecule is CCOC(=O)COc1ccc(Br)cc1/C=C1\SC(=O)N(Cc2cccc3ccccc23)C1=O. The fourth-order valence-electron chi connectivity index (χ4n) is 3.48. The molecule has 0 aliphatic carbocycles. The molecule has 0 saturated carbocycles. The van der Waals surface area contributed by atoms with E-state index in [-0.39, 0.29) is 30.9 Å². The lowest BCUT2D eigenvalue weighted by Crippen LogP contribution is -2.27. The van der Waals surface area contributed by atoms with Crippen LogP contribution in [0.1, 0.15) is 18.1 Å². The number of rotatable bonds is 7. The molecule has 33 heavy (non-hydrogen) atoms. The van der Waals surface area contributed by atoms with Crippen LogP contribution in [0.15, 0.2) is 70.0 Å². The number of nitrogens with zero attached hydrogens (tertiary/aromatic N) is 1. The number of esters is 1. The maximum atomic E-state index is 13.1. The summed E-state index contributed by atoms with van der Waals surface area (Å²) < 4.78 is 11.3. The van der Waals surface area contributed by atoms with Crippen molar-refractivity contribution in [1.29, 1.82) is 0 Å². The van der Waals surface area contributed by atoms with Crippen molar-refractivity contribution in [3.63, 3.8) is 0 Å². The van der Waals surface area contributed by atoms with Gasteiger partial charge in [0.1, 0.15) is 5.75 Å². The fraction of sp³-hybridized carbons (Fsp3) is 0.160. The fourth-order valence-corrected chi connectivity index (χ4v) is 4.69. The summed E-state index contributed by atoms with van der Waals surface area (Å²) in [5, 5.41) is 1.72. The molecule has 1 fully saturated rings. The zero-order valence-electron chi connectivity index (χ0n) is 17.7. The molecule has 0 atom stereocenters. The van der Waals surface area contributed by atoms with E-state index >= 15 is 0 Å². The first-order valence-corrected chi connectivity index (χ1v) is 11.9. The molecule has 0 aromatic heterocycles. The molecule has 0 bridgehead atoms. The van der Waals surface area contributed by atoms with Crippen LogP contribution < -0.4 is 4.74 Å². The van der Waals surface area contributed by atoms with Gasteiger partial charge in [0.05, 0.1) is 18.1 Å². The Morgan fingerprint density at radius 2 is 1.88 bits per heavy atom. The van der Waals surface area contributed by atoms with Crippen LogP contribution in [0.4, 0.5) is 4.79 Å². The van der Waals surface area contributed by atoms with Gasteiger partial charge < -0.3 is 9.47 Å². The van der Waals surface area contributed by atoms with Gasteiger partial charge in [-0.25, -0.2) is 4.79 Å². The van der Waals surface area contributed by atoms with E-state index in [4.69, 9.17) is 9.47 Å².